The largest absolute Gasteiger partial charge is 0.417 e. The van der Waals surface area contributed by atoms with Gasteiger partial charge in [0.15, 0.2) is 0 Å². The van der Waals surface area contributed by atoms with Gasteiger partial charge in [-0.05, 0) is 56.0 Å². The molecule has 2 aromatic carbocycles. The molecule has 2 bridgehead atoms. The molecule has 1 amide bonds. The van der Waals surface area contributed by atoms with Crippen LogP contribution in [-0.2, 0) is 6.18 Å². The number of amides is 1. The second-order valence-electron chi connectivity index (χ2n) is 7.81. The van der Waals surface area contributed by atoms with Crippen LogP contribution in [0.2, 0.25) is 5.02 Å². The van der Waals surface area contributed by atoms with E-state index in [-0.39, 0.29) is 17.6 Å². The maximum atomic E-state index is 13.2. The smallest absolute Gasteiger partial charge is 0.344 e. The van der Waals surface area contributed by atoms with E-state index in [1.165, 1.54) is 12.1 Å². The van der Waals surface area contributed by atoms with Crippen molar-refractivity contribution in [2.75, 3.05) is 13.1 Å². The molecule has 0 aliphatic carbocycles. The zero-order valence-electron chi connectivity index (χ0n) is 15.8. The van der Waals surface area contributed by atoms with E-state index in [0.29, 0.717) is 5.92 Å². The van der Waals surface area contributed by atoms with E-state index in [2.05, 4.69) is 10.2 Å². The van der Waals surface area contributed by atoms with Crippen LogP contribution in [0.3, 0.4) is 0 Å². The molecule has 0 radical (unpaired) electrons. The van der Waals surface area contributed by atoms with Crippen molar-refractivity contribution in [3.05, 3.63) is 70.2 Å². The van der Waals surface area contributed by atoms with Crippen molar-refractivity contribution in [2.45, 2.75) is 37.5 Å². The Morgan fingerprint density at radius 3 is 2.34 bits per heavy atom. The van der Waals surface area contributed by atoms with Gasteiger partial charge in [0.1, 0.15) is 0 Å². The molecule has 2 atom stereocenters. The SMILES string of the molecule is O=C(N[C@@H](c1ccccc1)[C@@H]1CC2CCN1CC2)c1cccc(C(F)(F)F)c1Cl. The summed E-state index contributed by atoms with van der Waals surface area (Å²) in [5.41, 5.74) is -0.205. The van der Waals surface area contributed by atoms with Crippen LogP contribution >= 0.6 is 11.6 Å². The Morgan fingerprint density at radius 2 is 1.76 bits per heavy atom. The molecule has 0 spiro atoms. The summed E-state index contributed by atoms with van der Waals surface area (Å²) in [5.74, 6) is 0.0443. The van der Waals surface area contributed by atoms with Gasteiger partial charge in [0.25, 0.3) is 5.91 Å². The predicted octanol–water partition coefficient (Wildman–Crippen LogP) is 5.31. The molecule has 7 heteroatoms. The molecule has 154 valence electrons. The van der Waals surface area contributed by atoms with E-state index >= 15 is 0 Å². The second-order valence-corrected chi connectivity index (χ2v) is 8.19. The van der Waals surface area contributed by atoms with Gasteiger partial charge in [0.05, 0.1) is 22.2 Å². The van der Waals surface area contributed by atoms with E-state index < -0.39 is 22.7 Å². The number of carbonyl (C=O) groups is 1. The van der Waals surface area contributed by atoms with Crippen LogP contribution < -0.4 is 5.32 Å². The summed E-state index contributed by atoms with van der Waals surface area (Å²) in [6.45, 7) is 1.97. The fourth-order valence-electron chi connectivity index (χ4n) is 4.57. The first kappa shape index (κ1) is 20.2. The van der Waals surface area contributed by atoms with Gasteiger partial charge >= 0.3 is 6.18 Å². The molecule has 3 heterocycles. The minimum atomic E-state index is -4.61. The number of benzene rings is 2. The summed E-state index contributed by atoms with van der Waals surface area (Å²) < 4.78 is 39.6. The van der Waals surface area contributed by atoms with Crippen LogP contribution in [0.1, 0.15) is 46.8 Å². The van der Waals surface area contributed by atoms with Crippen LogP contribution in [0.25, 0.3) is 0 Å². The predicted molar refractivity (Wildman–Crippen MR) is 106 cm³/mol. The molecular formula is C22H22ClF3N2O. The average molecular weight is 423 g/mol. The lowest BCUT2D eigenvalue weighted by atomic mass is 9.79. The van der Waals surface area contributed by atoms with Crippen molar-refractivity contribution in [1.82, 2.24) is 10.2 Å². The first-order valence-electron chi connectivity index (χ1n) is 9.80. The number of nitrogens with zero attached hydrogens (tertiary/aromatic N) is 1. The normalized spacial score (nSPS) is 24.9. The first-order chi connectivity index (χ1) is 13.8. The monoisotopic (exact) mass is 422 g/mol. The maximum Gasteiger partial charge on any atom is 0.417 e. The lowest BCUT2D eigenvalue weighted by Gasteiger charge is -2.48. The zero-order valence-corrected chi connectivity index (χ0v) is 16.5. The quantitative estimate of drug-likeness (QED) is 0.723. The number of fused-ring (bicyclic) bond motifs is 3. The van der Waals surface area contributed by atoms with Crippen LogP contribution in [0.4, 0.5) is 13.2 Å². The molecule has 0 unspecified atom stereocenters. The Hall–Kier alpha value is -2.05. The molecule has 1 N–H and O–H groups in total. The van der Waals surface area contributed by atoms with Crippen molar-refractivity contribution >= 4 is 17.5 Å². The molecule has 29 heavy (non-hydrogen) atoms. The third kappa shape index (κ3) is 4.14. The third-order valence-electron chi connectivity index (χ3n) is 6.07. The topological polar surface area (TPSA) is 32.3 Å². The first-order valence-corrected chi connectivity index (χ1v) is 10.2. The number of alkyl halides is 3. The third-order valence-corrected chi connectivity index (χ3v) is 6.48. The van der Waals surface area contributed by atoms with Gasteiger partial charge in [0.2, 0.25) is 0 Å². The van der Waals surface area contributed by atoms with Gasteiger partial charge in [-0.25, -0.2) is 0 Å². The van der Waals surface area contributed by atoms with Gasteiger partial charge in [-0.2, -0.15) is 13.2 Å². The number of nitrogens with one attached hydrogen (secondary N) is 1. The Morgan fingerprint density at radius 1 is 1.07 bits per heavy atom. The van der Waals surface area contributed by atoms with Crippen LogP contribution in [0, 0.1) is 5.92 Å². The summed E-state index contributed by atoms with van der Waals surface area (Å²) in [6.07, 6.45) is -1.33. The van der Waals surface area contributed by atoms with Crippen LogP contribution in [-0.4, -0.2) is 29.9 Å². The number of halogens is 4. The summed E-state index contributed by atoms with van der Waals surface area (Å²) in [5, 5.41) is 2.43. The minimum Gasteiger partial charge on any atom is -0.344 e. The van der Waals surface area contributed by atoms with Gasteiger partial charge in [-0.3, -0.25) is 9.69 Å². The van der Waals surface area contributed by atoms with Gasteiger partial charge in [0, 0.05) is 6.04 Å². The van der Waals surface area contributed by atoms with Crippen LogP contribution in [0.5, 0.6) is 0 Å². The average Bonchev–Trinajstić information content (AvgIpc) is 2.72. The highest BCUT2D eigenvalue weighted by Crippen LogP contribution is 2.39. The fraction of sp³-hybridized carbons (Fsp3) is 0.409. The number of hydrogen-bond donors (Lipinski definition) is 1. The summed E-state index contributed by atoms with van der Waals surface area (Å²) in [7, 11) is 0. The molecule has 0 saturated carbocycles. The molecule has 3 fully saturated rings. The second kappa shape index (κ2) is 8.00. The van der Waals surface area contributed by atoms with Gasteiger partial charge < -0.3 is 5.32 Å². The standard InChI is InChI=1S/C22H22ClF3N2O/c23-19-16(7-4-8-17(19)22(24,25)26)21(29)27-20(15-5-2-1-3-6-15)18-13-14-9-11-28(18)12-10-14/h1-8,14,18,20H,9-13H2,(H,27,29)/t18-,20-/m0/s1. The molecule has 5 rings (SSSR count). The Balaban J connectivity index is 1.64. The van der Waals surface area contributed by atoms with E-state index in [4.69, 9.17) is 11.6 Å². The minimum absolute atomic E-state index is 0.124. The van der Waals surface area contributed by atoms with Crippen molar-refractivity contribution in [1.29, 1.82) is 0 Å². The molecule has 0 aromatic heterocycles. The molecule has 3 aliphatic heterocycles. The van der Waals surface area contributed by atoms with Crippen molar-refractivity contribution in [3.63, 3.8) is 0 Å². The van der Waals surface area contributed by atoms with Crippen molar-refractivity contribution in [2.24, 2.45) is 5.92 Å². The molecule has 3 nitrogen and oxygen atoms in total. The number of rotatable bonds is 4. The molecule has 3 aliphatic rings. The summed E-state index contributed by atoms with van der Waals surface area (Å²) >= 11 is 5.98. The van der Waals surface area contributed by atoms with E-state index in [1.54, 1.807) is 0 Å². The Labute approximate surface area is 172 Å². The van der Waals surface area contributed by atoms with Crippen LogP contribution in [0.15, 0.2) is 48.5 Å². The van der Waals surface area contributed by atoms with E-state index in [0.717, 1.165) is 44.0 Å². The molecule has 2 aromatic rings. The highest BCUT2D eigenvalue weighted by molar-refractivity contribution is 6.34. The molecular weight excluding hydrogens is 401 g/mol. The zero-order chi connectivity index (χ0) is 20.6. The van der Waals surface area contributed by atoms with E-state index in [1.807, 2.05) is 30.3 Å². The van der Waals surface area contributed by atoms with Crippen molar-refractivity contribution < 1.29 is 18.0 Å². The number of piperidine rings is 3. The number of carbonyl (C=O) groups excluding carboxylic acids is 1. The highest BCUT2D eigenvalue weighted by atomic mass is 35.5. The fourth-order valence-corrected chi connectivity index (χ4v) is 4.88. The summed E-state index contributed by atoms with van der Waals surface area (Å²) in [6, 6.07) is 12.9. The maximum absolute atomic E-state index is 13.2. The lowest BCUT2D eigenvalue weighted by Crippen LogP contribution is -2.54. The summed E-state index contributed by atoms with van der Waals surface area (Å²) in [4.78, 5) is 15.4. The van der Waals surface area contributed by atoms with Crippen molar-refractivity contribution in [3.8, 4) is 0 Å². The van der Waals surface area contributed by atoms with Gasteiger partial charge in [-0.15, -0.1) is 0 Å². The van der Waals surface area contributed by atoms with Gasteiger partial charge in [-0.1, -0.05) is 48.0 Å². The number of hydrogen-bond acceptors (Lipinski definition) is 2. The Bertz CT molecular complexity index is 879. The molecule has 3 saturated heterocycles. The Kier molecular flexibility index (Phi) is 5.58. The van der Waals surface area contributed by atoms with E-state index in [9.17, 15) is 18.0 Å². The highest BCUT2D eigenvalue weighted by Gasteiger charge is 2.40. The lowest BCUT2D eigenvalue weighted by molar-refractivity contribution is -0.137.